The molecule has 0 radical (unpaired) electrons. The molecule has 128 valence electrons. The van der Waals surface area contributed by atoms with Crippen LogP contribution in [0.25, 0.3) is 10.9 Å². The number of hydrogen-bond acceptors (Lipinski definition) is 5. The van der Waals surface area contributed by atoms with E-state index in [1.165, 1.54) is 11.8 Å². The van der Waals surface area contributed by atoms with Crippen LogP contribution < -0.4 is 11.2 Å². The summed E-state index contributed by atoms with van der Waals surface area (Å²) in [5, 5.41) is -0.509. The molecule has 5 nitrogen and oxygen atoms in total. The second kappa shape index (κ2) is 5.93. The Morgan fingerprint density at radius 2 is 2.12 bits per heavy atom. The Balaban J connectivity index is 2.57. The summed E-state index contributed by atoms with van der Waals surface area (Å²) in [5.41, 5.74) is 3.92. The summed E-state index contributed by atoms with van der Waals surface area (Å²) in [5.74, 6) is -3.00. The van der Waals surface area contributed by atoms with Crippen LogP contribution in [0.2, 0.25) is 5.02 Å². The first-order chi connectivity index (χ1) is 11.3. The van der Waals surface area contributed by atoms with Crippen LogP contribution in [0.1, 0.15) is 30.2 Å². The molecule has 9 heteroatoms. The number of carbonyl (C=O) groups is 1. The number of nitrogens with zero attached hydrogens (tertiary/aromatic N) is 1. The predicted octanol–water partition coefficient (Wildman–Crippen LogP) is 3.36. The molecule has 3 rings (SSSR count). The molecule has 2 heterocycles. The van der Waals surface area contributed by atoms with Gasteiger partial charge in [-0.3, -0.25) is 4.79 Å². The van der Waals surface area contributed by atoms with Gasteiger partial charge in [0.2, 0.25) is 5.43 Å². The third kappa shape index (κ3) is 2.20. The number of thioether (sulfide) groups is 1. The Morgan fingerprint density at radius 3 is 2.75 bits per heavy atom. The molecule has 0 spiro atoms. The van der Waals surface area contributed by atoms with Crippen molar-refractivity contribution in [1.29, 1.82) is 0 Å². The molecule has 0 saturated carbocycles. The number of pyridine rings is 1. The van der Waals surface area contributed by atoms with Gasteiger partial charge in [0, 0.05) is 11.8 Å². The minimum absolute atomic E-state index is 0.00128. The number of halogens is 3. The van der Waals surface area contributed by atoms with Crippen molar-refractivity contribution in [3.63, 3.8) is 0 Å². The lowest BCUT2D eigenvalue weighted by Gasteiger charge is -2.18. The van der Waals surface area contributed by atoms with Crippen LogP contribution in [0.4, 0.5) is 14.5 Å². The number of rotatable bonds is 2. The van der Waals surface area contributed by atoms with E-state index in [-0.39, 0.29) is 29.1 Å². The quantitative estimate of drug-likeness (QED) is 0.495. The van der Waals surface area contributed by atoms with E-state index in [2.05, 4.69) is 0 Å². The second-order valence-corrected chi connectivity index (χ2v) is 6.73. The molecule has 1 aromatic heterocycles. The number of nitrogens with two attached hydrogens (primary N) is 1. The van der Waals surface area contributed by atoms with Gasteiger partial charge in [-0.15, -0.1) is 11.8 Å². The zero-order chi connectivity index (χ0) is 17.8. The highest BCUT2D eigenvalue weighted by atomic mass is 35.5. The monoisotopic (exact) mass is 374 g/mol. The average molecular weight is 375 g/mol. The van der Waals surface area contributed by atoms with Crippen LogP contribution in [0.5, 0.6) is 0 Å². The molecule has 0 fully saturated rings. The van der Waals surface area contributed by atoms with E-state index in [9.17, 15) is 18.4 Å². The van der Waals surface area contributed by atoms with Crippen molar-refractivity contribution in [3.8, 4) is 0 Å². The van der Waals surface area contributed by atoms with Crippen LogP contribution >= 0.6 is 23.4 Å². The maximum Gasteiger partial charge on any atom is 0.344 e. The third-order valence-electron chi connectivity index (χ3n) is 3.85. The molecule has 2 aromatic rings. The van der Waals surface area contributed by atoms with Crippen molar-refractivity contribution in [2.75, 3.05) is 18.1 Å². The molecule has 1 unspecified atom stereocenters. The van der Waals surface area contributed by atoms with Crippen molar-refractivity contribution >= 4 is 45.9 Å². The van der Waals surface area contributed by atoms with Crippen molar-refractivity contribution in [2.45, 2.75) is 24.9 Å². The number of esters is 1. The van der Waals surface area contributed by atoms with Gasteiger partial charge in [0.05, 0.1) is 28.2 Å². The Bertz CT molecular complexity index is 945. The van der Waals surface area contributed by atoms with E-state index in [0.29, 0.717) is 10.8 Å². The Labute approximate surface area is 144 Å². The van der Waals surface area contributed by atoms with Crippen molar-refractivity contribution < 1.29 is 18.3 Å². The van der Waals surface area contributed by atoms with Crippen LogP contribution in [0.15, 0.2) is 9.82 Å². The molecule has 0 bridgehead atoms. The van der Waals surface area contributed by atoms with Crippen molar-refractivity contribution in [1.82, 2.24) is 4.57 Å². The molecule has 0 aliphatic carbocycles. The van der Waals surface area contributed by atoms with E-state index in [4.69, 9.17) is 22.1 Å². The molecular formula is C15H13ClF2N2O3S. The number of aromatic nitrogens is 1. The number of hydrogen-bond donors (Lipinski definition) is 1. The van der Waals surface area contributed by atoms with E-state index < -0.39 is 33.7 Å². The lowest BCUT2D eigenvalue weighted by Crippen LogP contribution is -2.24. The van der Waals surface area contributed by atoms with Crippen molar-refractivity contribution in [2.24, 2.45) is 0 Å². The summed E-state index contributed by atoms with van der Waals surface area (Å²) in [6.07, 6.45) is 0. The molecule has 1 aliphatic heterocycles. The van der Waals surface area contributed by atoms with E-state index in [1.807, 2.05) is 6.92 Å². The van der Waals surface area contributed by atoms with Gasteiger partial charge in [-0.05, 0) is 13.8 Å². The summed E-state index contributed by atoms with van der Waals surface area (Å²) in [7, 11) is 0. The fourth-order valence-corrected chi connectivity index (χ4v) is 4.33. The highest BCUT2D eigenvalue weighted by Crippen LogP contribution is 2.42. The smallest absolute Gasteiger partial charge is 0.344 e. The summed E-state index contributed by atoms with van der Waals surface area (Å²) in [6.45, 7) is 3.49. The van der Waals surface area contributed by atoms with Crippen molar-refractivity contribution in [3.05, 3.63) is 32.4 Å². The third-order valence-corrected chi connectivity index (χ3v) is 5.51. The molecule has 1 aromatic carbocycles. The summed E-state index contributed by atoms with van der Waals surface area (Å²) < 4.78 is 34.5. The lowest BCUT2D eigenvalue weighted by molar-refractivity contribution is 0.0519. The molecule has 0 amide bonds. The Hall–Kier alpha value is -1.80. The van der Waals surface area contributed by atoms with E-state index in [1.54, 1.807) is 11.5 Å². The summed E-state index contributed by atoms with van der Waals surface area (Å²) in [6, 6.07) is -0.192. The number of carbonyl (C=O) groups excluding carboxylic acids is 1. The van der Waals surface area contributed by atoms with Crippen LogP contribution in [-0.2, 0) is 4.74 Å². The Kier molecular flexibility index (Phi) is 4.21. The predicted molar refractivity (Wildman–Crippen MR) is 88.9 cm³/mol. The number of nitrogen functional groups attached to an aromatic ring is 1. The normalized spacial score (nSPS) is 16.5. The Morgan fingerprint density at radius 1 is 1.46 bits per heavy atom. The second-order valence-electron chi connectivity index (χ2n) is 5.34. The topological polar surface area (TPSA) is 74.3 Å². The fourth-order valence-electron chi connectivity index (χ4n) is 2.79. The average Bonchev–Trinajstić information content (AvgIpc) is 2.91. The van der Waals surface area contributed by atoms with Gasteiger partial charge >= 0.3 is 5.97 Å². The summed E-state index contributed by atoms with van der Waals surface area (Å²) in [4.78, 5) is 25.0. The van der Waals surface area contributed by atoms with Crippen LogP contribution in [0.3, 0.4) is 0 Å². The van der Waals surface area contributed by atoms with Gasteiger partial charge in [0.1, 0.15) is 10.6 Å². The van der Waals surface area contributed by atoms with E-state index in [0.717, 1.165) is 0 Å². The minimum atomic E-state index is -1.40. The first-order valence-corrected chi connectivity index (χ1v) is 8.51. The van der Waals surface area contributed by atoms with Crippen LogP contribution in [-0.4, -0.2) is 22.9 Å². The largest absolute Gasteiger partial charge is 0.462 e. The highest BCUT2D eigenvalue weighted by Gasteiger charge is 2.33. The number of fused-ring (bicyclic) bond motifs is 3. The van der Waals surface area contributed by atoms with Gasteiger partial charge < -0.3 is 15.0 Å². The standard InChI is InChI=1S/C15H13ClF2N2O3S/c1-3-23-15(22)7-13(21)6-11(19)10(18)9(17)8(16)12(6)20-5(2)4-24-14(7)20/h5H,3-4,19H2,1-2H3. The van der Waals surface area contributed by atoms with Gasteiger partial charge in [-0.2, -0.15) is 0 Å². The highest BCUT2D eigenvalue weighted by molar-refractivity contribution is 7.99. The first kappa shape index (κ1) is 17.0. The number of ether oxygens (including phenoxy) is 1. The molecule has 24 heavy (non-hydrogen) atoms. The SMILES string of the molecule is CCOC(=O)c1c2n(c3c(Cl)c(F)c(F)c(N)c3c1=O)C(C)CS2. The molecule has 0 saturated heterocycles. The van der Waals surface area contributed by atoms with Crippen LogP contribution in [0, 0.1) is 11.6 Å². The lowest BCUT2D eigenvalue weighted by atomic mass is 10.1. The maximum absolute atomic E-state index is 14.0. The molecule has 2 N–H and O–H groups in total. The molecule has 1 aliphatic rings. The fraction of sp³-hybridized carbons (Fsp3) is 0.333. The van der Waals surface area contributed by atoms with Gasteiger partial charge in [0.25, 0.3) is 0 Å². The zero-order valence-corrected chi connectivity index (χ0v) is 14.4. The minimum Gasteiger partial charge on any atom is -0.462 e. The maximum atomic E-state index is 14.0. The van der Waals surface area contributed by atoms with Gasteiger partial charge in [-0.1, -0.05) is 11.6 Å². The molecule has 1 atom stereocenters. The van der Waals surface area contributed by atoms with E-state index >= 15 is 0 Å². The zero-order valence-electron chi connectivity index (χ0n) is 12.8. The van der Waals surface area contributed by atoms with Gasteiger partial charge in [-0.25, -0.2) is 13.6 Å². The number of benzene rings is 1. The first-order valence-electron chi connectivity index (χ1n) is 7.15. The number of anilines is 1. The summed E-state index contributed by atoms with van der Waals surface area (Å²) >= 11 is 7.22. The molecular weight excluding hydrogens is 362 g/mol. The van der Waals surface area contributed by atoms with Gasteiger partial charge in [0.15, 0.2) is 11.6 Å².